The summed E-state index contributed by atoms with van der Waals surface area (Å²) in [5.74, 6) is -0.573. The summed E-state index contributed by atoms with van der Waals surface area (Å²) in [5, 5.41) is 5.41. The van der Waals surface area contributed by atoms with Gasteiger partial charge in [0.05, 0.1) is 5.92 Å². The molecule has 2 aromatic rings. The van der Waals surface area contributed by atoms with E-state index >= 15 is 0 Å². The second-order valence-corrected chi connectivity index (χ2v) is 7.42. The molecular weight excluding hydrogens is 366 g/mol. The van der Waals surface area contributed by atoms with Crippen molar-refractivity contribution in [1.29, 1.82) is 0 Å². The molecule has 2 aromatic carbocycles. The van der Waals surface area contributed by atoms with Crippen molar-refractivity contribution in [3.63, 3.8) is 0 Å². The molecule has 152 valence electrons. The lowest BCUT2D eigenvalue weighted by Gasteiger charge is -2.23. The van der Waals surface area contributed by atoms with Crippen LogP contribution in [-0.4, -0.2) is 31.3 Å². The number of nitrogens with zero attached hydrogens (tertiary/aromatic N) is 1. The van der Waals surface area contributed by atoms with Crippen molar-refractivity contribution in [3.05, 3.63) is 59.7 Å². The Labute approximate surface area is 171 Å². The average Bonchev–Trinajstić information content (AvgIpc) is 3.14. The van der Waals surface area contributed by atoms with E-state index < -0.39 is 5.92 Å². The highest BCUT2D eigenvalue weighted by Crippen LogP contribution is 2.33. The Bertz CT molecular complexity index is 925. The Morgan fingerprint density at radius 2 is 1.93 bits per heavy atom. The predicted molar refractivity (Wildman–Crippen MR) is 114 cm³/mol. The fourth-order valence-electron chi connectivity index (χ4n) is 3.61. The molecule has 6 heteroatoms. The fraction of sp³-hybridized carbons (Fsp3) is 0.348. The molecule has 0 radical (unpaired) electrons. The van der Waals surface area contributed by atoms with Gasteiger partial charge in [0.2, 0.25) is 11.8 Å². The van der Waals surface area contributed by atoms with Crippen molar-refractivity contribution in [2.24, 2.45) is 5.92 Å². The second-order valence-electron chi connectivity index (χ2n) is 7.42. The minimum absolute atomic E-state index is 0.0417. The van der Waals surface area contributed by atoms with Gasteiger partial charge >= 0.3 is 0 Å². The van der Waals surface area contributed by atoms with Gasteiger partial charge in [-0.2, -0.15) is 0 Å². The molecule has 0 unspecified atom stereocenters. The number of amides is 3. The van der Waals surface area contributed by atoms with Gasteiger partial charge in [0.25, 0.3) is 5.91 Å². The van der Waals surface area contributed by atoms with E-state index in [1.54, 1.807) is 36.2 Å². The lowest BCUT2D eigenvalue weighted by molar-refractivity contribution is -0.122. The number of para-hydroxylation sites is 1. The van der Waals surface area contributed by atoms with E-state index in [9.17, 15) is 14.4 Å². The molecule has 1 saturated heterocycles. The predicted octanol–water partition coefficient (Wildman–Crippen LogP) is 3.55. The molecule has 6 nitrogen and oxygen atoms in total. The largest absolute Gasteiger partial charge is 0.355 e. The second kappa shape index (κ2) is 8.90. The minimum atomic E-state index is -0.434. The third kappa shape index (κ3) is 4.47. The van der Waals surface area contributed by atoms with Crippen LogP contribution in [0.4, 0.5) is 11.4 Å². The first-order chi connectivity index (χ1) is 13.9. The zero-order valence-corrected chi connectivity index (χ0v) is 17.1. The van der Waals surface area contributed by atoms with E-state index in [0.29, 0.717) is 23.7 Å². The van der Waals surface area contributed by atoms with Gasteiger partial charge in [-0.05, 0) is 42.2 Å². The zero-order valence-electron chi connectivity index (χ0n) is 17.1. The summed E-state index contributed by atoms with van der Waals surface area (Å²) in [6.07, 6.45) is 1.15. The molecule has 29 heavy (non-hydrogen) atoms. The van der Waals surface area contributed by atoms with Crippen LogP contribution in [0.5, 0.6) is 0 Å². The maximum absolute atomic E-state index is 12.8. The van der Waals surface area contributed by atoms with E-state index in [0.717, 1.165) is 17.7 Å². The molecule has 1 aliphatic heterocycles. The van der Waals surface area contributed by atoms with Crippen molar-refractivity contribution in [2.45, 2.75) is 32.6 Å². The first kappa shape index (κ1) is 20.6. The normalized spacial score (nSPS) is 17.1. The monoisotopic (exact) mass is 393 g/mol. The van der Waals surface area contributed by atoms with E-state index in [-0.39, 0.29) is 24.1 Å². The van der Waals surface area contributed by atoms with E-state index in [2.05, 4.69) is 30.5 Å². The molecule has 0 aromatic heterocycles. The summed E-state index contributed by atoms with van der Waals surface area (Å²) in [7, 11) is 1.56. The van der Waals surface area contributed by atoms with Crippen LogP contribution in [0.2, 0.25) is 0 Å². The van der Waals surface area contributed by atoms with Gasteiger partial charge < -0.3 is 15.5 Å². The smallest absolute Gasteiger partial charge is 0.251 e. The highest BCUT2D eigenvalue weighted by molar-refractivity contribution is 6.04. The highest BCUT2D eigenvalue weighted by atomic mass is 16.2. The maximum atomic E-state index is 12.8. The third-order valence-corrected chi connectivity index (χ3v) is 5.49. The molecule has 0 bridgehead atoms. The number of anilines is 2. The van der Waals surface area contributed by atoms with Gasteiger partial charge in [-0.25, -0.2) is 0 Å². The van der Waals surface area contributed by atoms with Crippen molar-refractivity contribution in [3.8, 4) is 0 Å². The number of carbonyl (C=O) groups is 3. The Morgan fingerprint density at radius 3 is 2.66 bits per heavy atom. The number of benzene rings is 2. The first-order valence-corrected chi connectivity index (χ1v) is 9.96. The fourth-order valence-corrected chi connectivity index (χ4v) is 3.61. The lowest BCUT2D eigenvalue weighted by Crippen LogP contribution is -2.29. The van der Waals surface area contributed by atoms with Crippen LogP contribution < -0.4 is 15.5 Å². The van der Waals surface area contributed by atoms with Crippen molar-refractivity contribution >= 4 is 29.1 Å². The molecule has 0 aliphatic carbocycles. The van der Waals surface area contributed by atoms with Gasteiger partial charge in [-0.1, -0.05) is 38.1 Å². The standard InChI is InChI=1S/C23H27N3O3/c1-4-15(2)19-10-5-6-11-20(19)26-14-17(13-21(26)27)23(29)25-18-9-7-8-16(12-18)22(28)24-3/h5-12,15,17H,4,13-14H2,1-3H3,(H,24,28)(H,25,29)/t15-,17-/m0/s1. The van der Waals surface area contributed by atoms with Crippen molar-refractivity contribution < 1.29 is 14.4 Å². The molecule has 0 spiro atoms. The quantitative estimate of drug-likeness (QED) is 0.788. The van der Waals surface area contributed by atoms with Crippen molar-refractivity contribution in [2.75, 3.05) is 23.8 Å². The molecular formula is C23H27N3O3. The average molecular weight is 393 g/mol. The van der Waals surface area contributed by atoms with Crippen LogP contribution in [-0.2, 0) is 9.59 Å². The molecule has 1 aliphatic rings. The summed E-state index contributed by atoms with van der Waals surface area (Å²) in [6, 6.07) is 14.7. The lowest BCUT2D eigenvalue weighted by atomic mass is 9.96. The molecule has 2 N–H and O–H groups in total. The van der Waals surface area contributed by atoms with E-state index in [4.69, 9.17) is 0 Å². The molecule has 2 atom stereocenters. The van der Waals surface area contributed by atoms with Crippen LogP contribution in [0.25, 0.3) is 0 Å². The summed E-state index contributed by atoms with van der Waals surface area (Å²) in [4.78, 5) is 39.0. The van der Waals surface area contributed by atoms with Gasteiger partial charge in [0.1, 0.15) is 0 Å². The molecule has 3 amide bonds. The Hall–Kier alpha value is -3.15. The van der Waals surface area contributed by atoms with Gasteiger partial charge in [0, 0.05) is 37.0 Å². The van der Waals surface area contributed by atoms with Gasteiger partial charge in [0.15, 0.2) is 0 Å². The third-order valence-electron chi connectivity index (χ3n) is 5.49. The minimum Gasteiger partial charge on any atom is -0.355 e. The summed E-state index contributed by atoms with van der Waals surface area (Å²) >= 11 is 0. The highest BCUT2D eigenvalue weighted by Gasteiger charge is 2.36. The number of hydrogen-bond donors (Lipinski definition) is 2. The molecule has 1 fully saturated rings. The zero-order chi connectivity index (χ0) is 21.0. The van der Waals surface area contributed by atoms with E-state index in [1.807, 2.05) is 18.2 Å². The Balaban J connectivity index is 1.74. The number of carbonyl (C=O) groups excluding carboxylic acids is 3. The number of rotatable bonds is 6. The molecule has 3 rings (SSSR count). The number of nitrogens with one attached hydrogen (secondary N) is 2. The van der Waals surface area contributed by atoms with Crippen LogP contribution in [0.1, 0.15) is 48.5 Å². The SMILES string of the molecule is CC[C@H](C)c1ccccc1N1C[C@@H](C(=O)Nc2cccc(C(=O)NC)c2)CC1=O. The topological polar surface area (TPSA) is 78.5 Å². The van der Waals surface area contributed by atoms with Crippen molar-refractivity contribution in [1.82, 2.24) is 5.32 Å². The molecule has 1 heterocycles. The van der Waals surface area contributed by atoms with Crippen LogP contribution in [0.3, 0.4) is 0 Å². The van der Waals surface area contributed by atoms with Gasteiger partial charge in [-0.15, -0.1) is 0 Å². The summed E-state index contributed by atoms with van der Waals surface area (Å²) in [5.41, 5.74) is 3.03. The van der Waals surface area contributed by atoms with Crippen LogP contribution >= 0.6 is 0 Å². The van der Waals surface area contributed by atoms with Crippen LogP contribution in [0, 0.1) is 5.92 Å². The molecule has 0 saturated carbocycles. The summed E-state index contributed by atoms with van der Waals surface area (Å²) in [6.45, 7) is 4.62. The van der Waals surface area contributed by atoms with Gasteiger partial charge in [-0.3, -0.25) is 14.4 Å². The first-order valence-electron chi connectivity index (χ1n) is 9.96. The number of hydrogen-bond acceptors (Lipinski definition) is 3. The maximum Gasteiger partial charge on any atom is 0.251 e. The summed E-state index contributed by atoms with van der Waals surface area (Å²) < 4.78 is 0. The Kier molecular flexibility index (Phi) is 6.32. The van der Waals surface area contributed by atoms with E-state index in [1.165, 1.54) is 0 Å². The van der Waals surface area contributed by atoms with Crippen LogP contribution in [0.15, 0.2) is 48.5 Å². The Morgan fingerprint density at radius 1 is 1.17 bits per heavy atom.